The van der Waals surface area contributed by atoms with Crippen LogP contribution in [0.1, 0.15) is 10.4 Å². The molecule has 0 aromatic carbocycles. The maximum atomic E-state index is 11.4. The number of rotatable bonds is 3. The number of aromatic nitrogens is 1. The fraction of sp³-hybridized carbons (Fsp3) is 0.455. The second-order valence-electron chi connectivity index (χ2n) is 4.49. The Hall–Kier alpha value is -1.38. The molecule has 0 amide bonds. The van der Waals surface area contributed by atoms with Crippen LogP contribution in [-0.2, 0) is 10.0 Å². The molecule has 2 rings (SSSR count). The molecule has 0 atom stereocenters. The summed E-state index contributed by atoms with van der Waals surface area (Å²) in [6, 6.07) is 2.71. The van der Waals surface area contributed by atoms with Crippen molar-refractivity contribution in [3.05, 3.63) is 22.8 Å². The first-order chi connectivity index (χ1) is 9.27. The van der Waals surface area contributed by atoms with Gasteiger partial charge in [-0.15, -0.1) is 0 Å². The van der Waals surface area contributed by atoms with Crippen molar-refractivity contribution in [2.24, 2.45) is 0 Å². The van der Waals surface area contributed by atoms with Crippen molar-refractivity contribution in [3.63, 3.8) is 0 Å². The highest BCUT2D eigenvalue weighted by Crippen LogP contribution is 2.20. The molecule has 9 heteroatoms. The minimum absolute atomic E-state index is 0.0607. The van der Waals surface area contributed by atoms with E-state index in [1.807, 2.05) is 4.90 Å². The minimum Gasteiger partial charge on any atom is -0.478 e. The van der Waals surface area contributed by atoms with Gasteiger partial charge in [-0.2, -0.15) is 4.31 Å². The van der Waals surface area contributed by atoms with Crippen LogP contribution in [0.3, 0.4) is 0 Å². The number of carbonyl (C=O) groups is 1. The molecule has 0 radical (unpaired) electrons. The van der Waals surface area contributed by atoms with Crippen LogP contribution >= 0.6 is 11.6 Å². The maximum Gasteiger partial charge on any atom is 0.335 e. The topological polar surface area (TPSA) is 90.8 Å². The van der Waals surface area contributed by atoms with Gasteiger partial charge in [0.2, 0.25) is 10.0 Å². The van der Waals surface area contributed by atoms with E-state index in [2.05, 4.69) is 4.98 Å². The Bertz CT molecular complexity index is 627. The SMILES string of the molecule is CS(=O)(=O)N1CCN(c2cc(C(=O)O)cc(Cl)n2)CC1. The van der Waals surface area contributed by atoms with Gasteiger partial charge in [0.25, 0.3) is 0 Å². The van der Waals surface area contributed by atoms with E-state index in [1.165, 1.54) is 22.7 Å². The van der Waals surface area contributed by atoms with Gasteiger partial charge in [0.05, 0.1) is 11.8 Å². The molecule has 0 saturated carbocycles. The van der Waals surface area contributed by atoms with Crippen LogP contribution < -0.4 is 4.90 Å². The predicted molar refractivity (Wildman–Crippen MR) is 74.8 cm³/mol. The Morgan fingerprint density at radius 1 is 1.30 bits per heavy atom. The summed E-state index contributed by atoms with van der Waals surface area (Å²) in [5.41, 5.74) is 0.0607. The summed E-state index contributed by atoms with van der Waals surface area (Å²) >= 11 is 5.81. The molecule has 0 spiro atoms. The maximum absolute atomic E-state index is 11.4. The average molecular weight is 320 g/mol. The zero-order valence-electron chi connectivity index (χ0n) is 10.8. The van der Waals surface area contributed by atoms with Gasteiger partial charge >= 0.3 is 5.97 Å². The molecule has 2 heterocycles. The van der Waals surface area contributed by atoms with Gasteiger partial charge in [-0.25, -0.2) is 18.2 Å². The summed E-state index contributed by atoms with van der Waals surface area (Å²) in [4.78, 5) is 16.9. The smallest absolute Gasteiger partial charge is 0.335 e. The molecule has 1 N–H and O–H groups in total. The minimum atomic E-state index is -3.20. The molecule has 1 aromatic rings. The lowest BCUT2D eigenvalue weighted by Gasteiger charge is -2.34. The highest BCUT2D eigenvalue weighted by atomic mass is 35.5. The molecule has 1 aliphatic heterocycles. The zero-order chi connectivity index (χ0) is 14.9. The first kappa shape index (κ1) is 15.0. The summed E-state index contributed by atoms with van der Waals surface area (Å²) in [7, 11) is -3.20. The van der Waals surface area contributed by atoms with Gasteiger partial charge in [0.1, 0.15) is 11.0 Å². The monoisotopic (exact) mass is 319 g/mol. The van der Waals surface area contributed by atoms with Gasteiger partial charge in [-0.1, -0.05) is 11.6 Å². The van der Waals surface area contributed by atoms with E-state index in [0.717, 1.165) is 0 Å². The number of hydrogen-bond donors (Lipinski definition) is 1. The van der Waals surface area contributed by atoms with Crippen LogP contribution in [0.25, 0.3) is 0 Å². The van der Waals surface area contributed by atoms with Crippen LogP contribution in [0.4, 0.5) is 5.82 Å². The van der Waals surface area contributed by atoms with Crippen molar-refractivity contribution in [2.75, 3.05) is 37.3 Å². The van der Waals surface area contributed by atoms with Crippen molar-refractivity contribution in [1.82, 2.24) is 9.29 Å². The summed E-state index contributed by atoms with van der Waals surface area (Å²) in [6.45, 7) is 1.57. The lowest BCUT2D eigenvalue weighted by atomic mass is 10.2. The molecule has 0 aliphatic carbocycles. The molecule has 0 bridgehead atoms. The number of piperazine rings is 1. The highest BCUT2D eigenvalue weighted by Gasteiger charge is 2.24. The fourth-order valence-corrected chi connectivity index (χ4v) is 3.05. The largest absolute Gasteiger partial charge is 0.478 e. The van der Waals surface area contributed by atoms with Crippen molar-refractivity contribution >= 4 is 33.4 Å². The molecule has 1 aromatic heterocycles. The molecule has 1 fully saturated rings. The van der Waals surface area contributed by atoms with Crippen LogP contribution in [0.2, 0.25) is 5.15 Å². The number of halogens is 1. The lowest BCUT2D eigenvalue weighted by Crippen LogP contribution is -2.48. The summed E-state index contributed by atoms with van der Waals surface area (Å²) in [6.07, 6.45) is 1.17. The molecule has 7 nitrogen and oxygen atoms in total. The molecule has 110 valence electrons. The Morgan fingerprint density at radius 3 is 2.40 bits per heavy atom. The first-order valence-electron chi connectivity index (χ1n) is 5.88. The van der Waals surface area contributed by atoms with Crippen molar-refractivity contribution < 1.29 is 18.3 Å². The standard InChI is InChI=1S/C11H14ClN3O4S/c1-20(18,19)15-4-2-14(3-5-15)10-7-8(11(16)17)6-9(12)13-10/h6-7H,2-5H2,1H3,(H,16,17). The van der Waals surface area contributed by atoms with Crippen molar-refractivity contribution in [2.45, 2.75) is 0 Å². The van der Waals surface area contributed by atoms with E-state index in [9.17, 15) is 13.2 Å². The predicted octanol–water partition coefficient (Wildman–Crippen LogP) is 0.515. The Morgan fingerprint density at radius 2 is 1.90 bits per heavy atom. The quantitative estimate of drug-likeness (QED) is 0.817. The van der Waals surface area contributed by atoms with E-state index >= 15 is 0 Å². The number of nitrogens with zero attached hydrogens (tertiary/aromatic N) is 3. The van der Waals surface area contributed by atoms with Gasteiger partial charge < -0.3 is 10.0 Å². The Balaban J connectivity index is 2.17. The number of aromatic carboxylic acids is 1. The van der Waals surface area contributed by atoms with Crippen molar-refractivity contribution in [1.29, 1.82) is 0 Å². The third-order valence-corrected chi connectivity index (χ3v) is 4.56. The third-order valence-electron chi connectivity index (χ3n) is 3.06. The number of pyridine rings is 1. The van der Waals surface area contributed by atoms with Crippen LogP contribution in [0.15, 0.2) is 12.1 Å². The second kappa shape index (κ2) is 5.55. The molecule has 0 unspecified atom stereocenters. The number of carboxylic acids is 1. The highest BCUT2D eigenvalue weighted by molar-refractivity contribution is 7.88. The molecule has 1 saturated heterocycles. The Kier molecular flexibility index (Phi) is 4.17. The van der Waals surface area contributed by atoms with Gasteiger partial charge in [-0.3, -0.25) is 0 Å². The molecule has 20 heavy (non-hydrogen) atoms. The second-order valence-corrected chi connectivity index (χ2v) is 6.86. The van der Waals surface area contributed by atoms with Crippen LogP contribution in [0.5, 0.6) is 0 Å². The summed E-state index contributed by atoms with van der Waals surface area (Å²) in [5, 5.41) is 9.09. The van der Waals surface area contributed by atoms with Gasteiger partial charge in [0.15, 0.2) is 0 Å². The summed E-state index contributed by atoms with van der Waals surface area (Å²) in [5.74, 6) is -0.631. The van der Waals surface area contributed by atoms with Gasteiger partial charge in [-0.05, 0) is 12.1 Å². The zero-order valence-corrected chi connectivity index (χ0v) is 12.4. The van der Waals surface area contributed by atoms with Crippen molar-refractivity contribution in [3.8, 4) is 0 Å². The van der Waals surface area contributed by atoms with Gasteiger partial charge in [0, 0.05) is 26.2 Å². The number of anilines is 1. The van der Waals surface area contributed by atoms with Crippen LogP contribution in [-0.4, -0.2) is 61.2 Å². The number of sulfonamides is 1. The lowest BCUT2D eigenvalue weighted by molar-refractivity contribution is 0.0696. The third kappa shape index (κ3) is 3.38. The van der Waals surface area contributed by atoms with E-state index in [1.54, 1.807) is 0 Å². The van der Waals surface area contributed by atoms with E-state index < -0.39 is 16.0 Å². The molecule has 1 aliphatic rings. The van der Waals surface area contributed by atoms with E-state index in [-0.39, 0.29) is 10.7 Å². The number of hydrogen-bond acceptors (Lipinski definition) is 5. The average Bonchev–Trinajstić information content (AvgIpc) is 2.37. The van der Waals surface area contributed by atoms with Crippen LogP contribution in [0, 0.1) is 0 Å². The number of carboxylic acid groups (broad SMARTS) is 1. The molecular weight excluding hydrogens is 306 g/mol. The summed E-state index contributed by atoms with van der Waals surface area (Å²) < 4.78 is 24.2. The molecular formula is C11H14ClN3O4S. The normalized spacial score (nSPS) is 17.2. The van der Waals surface area contributed by atoms with E-state index in [4.69, 9.17) is 16.7 Å². The first-order valence-corrected chi connectivity index (χ1v) is 8.11. The Labute approximate surface area is 121 Å². The van der Waals surface area contributed by atoms with E-state index in [0.29, 0.717) is 32.0 Å². The fourth-order valence-electron chi connectivity index (χ4n) is 2.02.